The molecule has 1 aromatic carbocycles. The van der Waals surface area contributed by atoms with Crippen LogP contribution < -0.4 is 15.4 Å². The summed E-state index contributed by atoms with van der Waals surface area (Å²) in [5.41, 5.74) is 1.51. The van der Waals surface area contributed by atoms with Crippen molar-refractivity contribution >= 4 is 40.6 Å². The highest BCUT2D eigenvalue weighted by Crippen LogP contribution is 2.29. The highest BCUT2D eigenvalue weighted by atomic mass is 16.6. The van der Waals surface area contributed by atoms with Crippen molar-refractivity contribution in [3.8, 4) is 5.75 Å². The van der Waals surface area contributed by atoms with E-state index in [4.69, 9.17) is 14.2 Å². The maximum absolute atomic E-state index is 14.1. The topological polar surface area (TPSA) is 160 Å². The Kier molecular flexibility index (Phi) is 12.5. The SMILES string of the molecule is CCCCOC(=O)N1CCN(C(=O)C(NC(=O)c2cc(OCC(=O)N3CCCC3C(=O)NC3CCC3)c3ccc(C)cc3n2)C2CCOCC2)CC1. The molecule has 2 aromatic rings. The summed E-state index contributed by atoms with van der Waals surface area (Å²) in [6.45, 7) is 6.83. The number of nitrogens with one attached hydrogen (secondary N) is 2. The third kappa shape index (κ3) is 8.94. The number of carbonyl (C=O) groups is 5. The number of ether oxygens (including phenoxy) is 3. The summed E-state index contributed by atoms with van der Waals surface area (Å²) in [6.07, 6.45) is 6.97. The highest BCUT2D eigenvalue weighted by molar-refractivity contribution is 5.99. The second kappa shape index (κ2) is 17.4. The summed E-state index contributed by atoms with van der Waals surface area (Å²) in [5.74, 6) is -0.981. The van der Waals surface area contributed by atoms with Gasteiger partial charge >= 0.3 is 6.09 Å². The van der Waals surface area contributed by atoms with Crippen LogP contribution in [0.4, 0.5) is 4.79 Å². The van der Waals surface area contributed by atoms with Crippen LogP contribution in [0.1, 0.15) is 80.8 Å². The Bertz CT molecular complexity index is 1620. The molecule has 0 bridgehead atoms. The van der Waals surface area contributed by atoms with Gasteiger partial charge in [0.1, 0.15) is 23.5 Å². The molecule has 1 aromatic heterocycles. The van der Waals surface area contributed by atoms with Crippen molar-refractivity contribution in [3.05, 3.63) is 35.5 Å². The predicted molar refractivity (Wildman–Crippen MR) is 192 cm³/mol. The fraction of sp³-hybridized carbons (Fsp3) is 0.632. The van der Waals surface area contributed by atoms with E-state index in [0.29, 0.717) is 88.5 Å². The fourth-order valence-corrected chi connectivity index (χ4v) is 7.30. The van der Waals surface area contributed by atoms with Crippen LogP contribution >= 0.6 is 0 Å². The lowest BCUT2D eigenvalue weighted by molar-refractivity contribution is -0.140. The number of hydrogen-bond acceptors (Lipinski definition) is 9. The van der Waals surface area contributed by atoms with Crippen molar-refractivity contribution in [2.75, 3.05) is 59.2 Å². The van der Waals surface area contributed by atoms with Crippen LogP contribution in [0, 0.1) is 12.8 Å². The van der Waals surface area contributed by atoms with Gasteiger partial charge in [0.2, 0.25) is 11.8 Å². The first-order valence-electron chi connectivity index (χ1n) is 18.9. The van der Waals surface area contributed by atoms with Gasteiger partial charge in [0.15, 0.2) is 6.61 Å². The van der Waals surface area contributed by atoms with E-state index in [-0.39, 0.29) is 48.1 Å². The predicted octanol–water partition coefficient (Wildman–Crippen LogP) is 3.19. The number of pyridine rings is 1. The van der Waals surface area contributed by atoms with Gasteiger partial charge < -0.3 is 39.5 Å². The van der Waals surface area contributed by atoms with E-state index in [1.807, 2.05) is 32.0 Å². The van der Waals surface area contributed by atoms with Crippen molar-refractivity contribution < 1.29 is 38.2 Å². The minimum Gasteiger partial charge on any atom is -0.483 e. The van der Waals surface area contributed by atoms with E-state index in [1.165, 1.54) is 6.07 Å². The van der Waals surface area contributed by atoms with Crippen molar-refractivity contribution in [2.24, 2.45) is 5.92 Å². The number of unbranched alkanes of at least 4 members (excludes halogenated alkanes) is 1. The molecule has 2 atom stereocenters. The molecule has 4 heterocycles. The summed E-state index contributed by atoms with van der Waals surface area (Å²) >= 11 is 0. The van der Waals surface area contributed by atoms with E-state index in [1.54, 1.807) is 14.7 Å². The number of piperazine rings is 1. The lowest BCUT2D eigenvalue weighted by Crippen LogP contribution is -2.58. The van der Waals surface area contributed by atoms with Crippen LogP contribution in [0.3, 0.4) is 0 Å². The van der Waals surface area contributed by atoms with Gasteiger partial charge in [-0.25, -0.2) is 9.78 Å². The molecule has 52 heavy (non-hydrogen) atoms. The van der Waals surface area contributed by atoms with Crippen molar-refractivity contribution in [3.63, 3.8) is 0 Å². The monoisotopic (exact) mass is 720 g/mol. The van der Waals surface area contributed by atoms with Crippen LogP contribution in [0.15, 0.2) is 24.3 Å². The molecule has 6 rings (SSSR count). The normalized spacial score (nSPS) is 20.3. The fourth-order valence-electron chi connectivity index (χ4n) is 7.30. The third-order valence-electron chi connectivity index (χ3n) is 10.7. The summed E-state index contributed by atoms with van der Waals surface area (Å²) in [6, 6.07) is 5.96. The summed E-state index contributed by atoms with van der Waals surface area (Å²) in [5, 5.41) is 6.71. The Labute approximate surface area is 304 Å². The molecule has 1 aliphatic carbocycles. The molecule has 3 saturated heterocycles. The van der Waals surface area contributed by atoms with Crippen molar-refractivity contribution in [2.45, 2.75) is 89.8 Å². The van der Waals surface area contributed by atoms with Crippen molar-refractivity contribution in [1.82, 2.24) is 30.3 Å². The number of hydrogen-bond donors (Lipinski definition) is 2. The molecule has 4 aliphatic rings. The van der Waals surface area contributed by atoms with Crippen LogP contribution in [0.2, 0.25) is 0 Å². The zero-order valence-electron chi connectivity index (χ0n) is 30.4. The van der Waals surface area contributed by atoms with E-state index >= 15 is 0 Å². The maximum Gasteiger partial charge on any atom is 0.409 e. The Balaban J connectivity index is 1.15. The average molecular weight is 721 g/mol. The van der Waals surface area contributed by atoms with Crippen LogP contribution in [-0.4, -0.2) is 127 Å². The number of fused-ring (bicyclic) bond motifs is 1. The minimum absolute atomic E-state index is 0.0592. The Morgan fingerprint density at radius 2 is 1.69 bits per heavy atom. The quantitative estimate of drug-likeness (QED) is 0.314. The van der Waals surface area contributed by atoms with Gasteiger partial charge in [0, 0.05) is 63.4 Å². The molecular formula is C38H52N6O8. The summed E-state index contributed by atoms with van der Waals surface area (Å²) < 4.78 is 17.0. The van der Waals surface area contributed by atoms with Crippen LogP contribution in [-0.2, 0) is 23.9 Å². The first-order chi connectivity index (χ1) is 25.2. The minimum atomic E-state index is -0.821. The summed E-state index contributed by atoms with van der Waals surface area (Å²) in [4.78, 5) is 76.5. The number of benzene rings is 1. The third-order valence-corrected chi connectivity index (χ3v) is 10.7. The van der Waals surface area contributed by atoms with E-state index in [9.17, 15) is 24.0 Å². The van der Waals surface area contributed by atoms with E-state index in [0.717, 1.165) is 44.1 Å². The van der Waals surface area contributed by atoms with Gasteiger partial charge in [0.25, 0.3) is 11.8 Å². The maximum atomic E-state index is 14.1. The Hall–Kier alpha value is -4.46. The number of aromatic nitrogens is 1. The van der Waals surface area contributed by atoms with Crippen molar-refractivity contribution in [1.29, 1.82) is 0 Å². The second-order valence-electron chi connectivity index (χ2n) is 14.4. The molecule has 5 amide bonds. The Morgan fingerprint density at radius 3 is 2.40 bits per heavy atom. The van der Waals surface area contributed by atoms with Gasteiger partial charge in [-0.3, -0.25) is 19.2 Å². The smallest absolute Gasteiger partial charge is 0.409 e. The standard InChI is InChI=1S/C38H52N6O8/c1-3-4-19-51-38(49)43-17-15-42(16-18-43)37(48)34(26-12-20-50-21-13-26)41-35(46)30-23-32(28-11-10-25(2)22-29(28)40-30)52-24-33(45)44-14-6-9-31(44)36(47)39-27-7-5-8-27/h10-11,22-23,26-27,31,34H,3-9,12-21,24H2,1-2H3,(H,39,47)(H,41,46). The molecule has 0 radical (unpaired) electrons. The molecule has 1 saturated carbocycles. The number of rotatable bonds is 12. The van der Waals surface area contributed by atoms with Gasteiger partial charge in [-0.15, -0.1) is 0 Å². The molecule has 2 N–H and O–H groups in total. The molecule has 14 nitrogen and oxygen atoms in total. The number of aryl methyl sites for hydroxylation is 1. The van der Waals surface area contributed by atoms with Gasteiger partial charge in [-0.2, -0.15) is 0 Å². The first kappa shape index (κ1) is 37.3. The second-order valence-corrected chi connectivity index (χ2v) is 14.4. The molecule has 14 heteroatoms. The first-order valence-corrected chi connectivity index (χ1v) is 18.9. The molecular weight excluding hydrogens is 668 g/mol. The lowest BCUT2D eigenvalue weighted by atomic mass is 9.90. The molecule has 3 aliphatic heterocycles. The highest BCUT2D eigenvalue weighted by Gasteiger charge is 2.38. The molecule has 4 fully saturated rings. The number of likely N-dealkylation sites (tertiary alicyclic amines) is 1. The van der Waals surface area contributed by atoms with E-state index < -0.39 is 18.0 Å². The number of amides is 5. The average Bonchev–Trinajstić information content (AvgIpc) is 3.64. The zero-order valence-corrected chi connectivity index (χ0v) is 30.4. The molecule has 282 valence electrons. The van der Waals surface area contributed by atoms with Gasteiger partial charge in [0.05, 0.1) is 12.1 Å². The largest absolute Gasteiger partial charge is 0.483 e. The van der Waals surface area contributed by atoms with Gasteiger partial charge in [-0.05, 0) is 81.9 Å². The van der Waals surface area contributed by atoms with Crippen LogP contribution in [0.5, 0.6) is 5.75 Å². The van der Waals surface area contributed by atoms with E-state index in [2.05, 4.69) is 15.6 Å². The zero-order chi connectivity index (χ0) is 36.6. The summed E-state index contributed by atoms with van der Waals surface area (Å²) in [7, 11) is 0. The Morgan fingerprint density at radius 1 is 0.942 bits per heavy atom. The molecule has 0 spiro atoms. The molecule has 2 unspecified atom stereocenters. The number of nitrogens with zero attached hydrogens (tertiary/aromatic N) is 4. The number of carbonyl (C=O) groups excluding carboxylic acids is 5. The lowest BCUT2D eigenvalue weighted by Gasteiger charge is -2.38. The van der Waals surface area contributed by atoms with Crippen LogP contribution in [0.25, 0.3) is 10.9 Å². The van der Waals surface area contributed by atoms with Gasteiger partial charge in [-0.1, -0.05) is 19.4 Å².